The molecule has 1 aromatic heterocycles. The van der Waals surface area contributed by atoms with Gasteiger partial charge >= 0.3 is 0 Å². The predicted molar refractivity (Wildman–Crippen MR) is 133 cm³/mol. The van der Waals surface area contributed by atoms with Crippen molar-refractivity contribution in [3.05, 3.63) is 100 Å². The third-order valence-electron chi connectivity index (χ3n) is 5.49. The van der Waals surface area contributed by atoms with Crippen LogP contribution < -0.4 is 5.56 Å². The van der Waals surface area contributed by atoms with Crippen molar-refractivity contribution in [3.8, 4) is 0 Å². The molecule has 8 heteroatoms. The van der Waals surface area contributed by atoms with Crippen LogP contribution in [0.5, 0.6) is 0 Å². The largest absolute Gasteiger partial charge is 0.280 e. The molecule has 0 aliphatic carbocycles. The molecule has 0 aliphatic rings. The molecule has 33 heavy (non-hydrogen) atoms. The number of fused-ring (bicyclic) bond motifs is 1. The first kappa shape index (κ1) is 23.2. The minimum atomic E-state index is -3.52. The van der Waals surface area contributed by atoms with Gasteiger partial charge in [0.2, 0.25) is 10.0 Å². The Bertz CT molecular complexity index is 1450. The smallest absolute Gasteiger partial charge is 0.262 e. The molecular weight excluding hydrogens is 454 g/mol. The van der Waals surface area contributed by atoms with E-state index in [2.05, 4.69) is 0 Å². The first-order valence-corrected chi connectivity index (χ1v) is 12.9. The molecule has 0 spiro atoms. The van der Waals surface area contributed by atoms with Crippen LogP contribution in [0.3, 0.4) is 0 Å². The fourth-order valence-corrected chi connectivity index (χ4v) is 5.59. The number of benzene rings is 3. The lowest BCUT2D eigenvalue weighted by Gasteiger charge is -2.20. The van der Waals surface area contributed by atoms with E-state index in [-0.39, 0.29) is 16.5 Å². The zero-order chi connectivity index (χ0) is 23.6. The van der Waals surface area contributed by atoms with Crippen LogP contribution in [0.1, 0.15) is 24.1 Å². The number of hydrogen-bond acceptors (Lipinski definition) is 5. The summed E-state index contributed by atoms with van der Waals surface area (Å²) in [5.74, 6) is 0.475. The van der Waals surface area contributed by atoms with Crippen molar-refractivity contribution >= 4 is 32.7 Å². The average Bonchev–Trinajstić information content (AvgIpc) is 2.83. The third-order valence-corrected chi connectivity index (χ3v) is 8.32. The van der Waals surface area contributed by atoms with Gasteiger partial charge in [-0.05, 0) is 42.3 Å². The van der Waals surface area contributed by atoms with E-state index in [1.54, 1.807) is 28.8 Å². The first-order chi connectivity index (χ1) is 15.8. The average molecular weight is 480 g/mol. The molecule has 0 saturated heterocycles. The molecule has 170 valence electrons. The van der Waals surface area contributed by atoms with Crippen molar-refractivity contribution in [2.75, 3.05) is 14.1 Å². The zero-order valence-corrected chi connectivity index (χ0v) is 20.3. The predicted octanol–water partition coefficient (Wildman–Crippen LogP) is 4.55. The molecule has 0 amide bonds. The monoisotopic (exact) mass is 479 g/mol. The summed E-state index contributed by atoms with van der Waals surface area (Å²) in [4.78, 5) is 18.5. The van der Waals surface area contributed by atoms with Crippen LogP contribution >= 0.6 is 11.8 Å². The van der Waals surface area contributed by atoms with E-state index in [1.807, 2.05) is 61.5 Å². The van der Waals surface area contributed by atoms with Gasteiger partial charge < -0.3 is 0 Å². The van der Waals surface area contributed by atoms with E-state index < -0.39 is 10.0 Å². The van der Waals surface area contributed by atoms with Gasteiger partial charge in [-0.15, -0.1) is 0 Å². The molecule has 3 aromatic carbocycles. The quantitative estimate of drug-likeness (QED) is 0.287. The summed E-state index contributed by atoms with van der Waals surface area (Å²) in [6, 6.07) is 23.8. The second-order valence-electron chi connectivity index (χ2n) is 7.90. The van der Waals surface area contributed by atoms with Crippen LogP contribution in [0.2, 0.25) is 0 Å². The van der Waals surface area contributed by atoms with Crippen molar-refractivity contribution < 1.29 is 8.42 Å². The minimum absolute atomic E-state index is 0.0941. The van der Waals surface area contributed by atoms with E-state index in [0.717, 1.165) is 11.1 Å². The van der Waals surface area contributed by atoms with Gasteiger partial charge in [0.25, 0.3) is 5.56 Å². The van der Waals surface area contributed by atoms with E-state index in [1.165, 1.54) is 30.2 Å². The number of para-hydroxylation sites is 1. The first-order valence-electron chi connectivity index (χ1n) is 10.5. The summed E-state index contributed by atoms with van der Waals surface area (Å²) in [5.41, 5.74) is 2.40. The Hall–Kier alpha value is -2.94. The van der Waals surface area contributed by atoms with Crippen LogP contribution in [0.15, 0.2) is 93.7 Å². The number of rotatable bonds is 7. The second kappa shape index (κ2) is 9.51. The molecule has 1 unspecified atom stereocenters. The number of aromatic nitrogens is 2. The maximum absolute atomic E-state index is 13.5. The van der Waals surface area contributed by atoms with Gasteiger partial charge in [0, 0.05) is 19.8 Å². The summed E-state index contributed by atoms with van der Waals surface area (Å²) < 4.78 is 27.9. The highest BCUT2D eigenvalue weighted by atomic mass is 32.2. The highest BCUT2D eigenvalue weighted by Crippen LogP contribution is 2.28. The molecule has 6 nitrogen and oxygen atoms in total. The molecule has 4 aromatic rings. The number of sulfonamides is 1. The molecule has 0 radical (unpaired) electrons. The lowest BCUT2D eigenvalue weighted by molar-refractivity contribution is 0.520. The van der Waals surface area contributed by atoms with E-state index in [9.17, 15) is 13.2 Å². The zero-order valence-electron chi connectivity index (χ0n) is 18.7. The lowest BCUT2D eigenvalue weighted by Crippen LogP contribution is -2.27. The summed E-state index contributed by atoms with van der Waals surface area (Å²) >= 11 is 1.42. The van der Waals surface area contributed by atoms with Gasteiger partial charge in [-0.1, -0.05) is 66.4 Å². The van der Waals surface area contributed by atoms with E-state index in [4.69, 9.17) is 4.98 Å². The van der Waals surface area contributed by atoms with Gasteiger partial charge in [0.1, 0.15) is 0 Å². The Morgan fingerprint density at radius 1 is 0.970 bits per heavy atom. The Labute approximate surface area is 198 Å². The standard InChI is InChI=1S/C25H25N3O3S2/c1-18(20-11-5-4-6-12-20)28-24(29)22-14-7-8-15-23(22)26-25(28)32-17-19-10-9-13-21(16-19)33(30,31)27(2)3/h4-16,18H,17H2,1-3H3. The number of nitrogens with zero attached hydrogens (tertiary/aromatic N) is 3. The fourth-order valence-electron chi connectivity index (χ4n) is 3.60. The molecule has 1 atom stereocenters. The van der Waals surface area contributed by atoms with Crippen LogP contribution in [-0.2, 0) is 15.8 Å². The van der Waals surface area contributed by atoms with E-state index in [0.29, 0.717) is 21.8 Å². The lowest BCUT2D eigenvalue weighted by atomic mass is 10.1. The normalized spacial score (nSPS) is 12.8. The molecule has 0 aliphatic heterocycles. The highest BCUT2D eigenvalue weighted by molar-refractivity contribution is 7.98. The van der Waals surface area contributed by atoms with Gasteiger partial charge in [0.05, 0.1) is 21.8 Å². The van der Waals surface area contributed by atoms with Crippen LogP contribution in [-0.4, -0.2) is 36.4 Å². The number of hydrogen-bond donors (Lipinski definition) is 0. The molecule has 0 N–H and O–H groups in total. The van der Waals surface area contributed by atoms with Gasteiger partial charge in [-0.25, -0.2) is 17.7 Å². The van der Waals surface area contributed by atoms with Crippen LogP contribution in [0, 0.1) is 0 Å². The maximum Gasteiger partial charge on any atom is 0.262 e. The summed E-state index contributed by atoms with van der Waals surface area (Å²) in [7, 11) is -0.496. The summed E-state index contributed by atoms with van der Waals surface area (Å²) in [6.07, 6.45) is 0. The molecule has 0 saturated carbocycles. The Morgan fingerprint density at radius 3 is 2.39 bits per heavy atom. The number of thioether (sulfide) groups is 1. The van der Waals surface area contributed by atoms with Crippen molar-refractivity contribution in [1.82, 2.24) is 13.9 Å². The van der Waals surface area contributed by atoms with Crippen LogP contribution in [0.25, 0.3) is 10.9 Å². The third kappa shape index (κ3) is 4.73. The van der Waals surface area contributed by atoms with Crippen molar-refractivity contribution in [3.63, 3.8) is 0 Å². The highest BCUT2D eigenvalue weighted by Gasteiger charge is 2.20. The maximum atomic E-state index is 13.5. The SMILES string of the molecule is CC(c1ccccc1)n1c(SCc2cccc(S(=O)(=O)N(C)C)c2)nc2ccccc2c1=O. The van der Waals surface area contributed by atoms with Gasteiger partial charge in [-0.2, -0.15) is 0 Å². The molecular formula is C25H25N3O3S2. The molecule has 0 bridgehead atoms. The molecule has 4 rings (SSSR count). The molecule has 1 heterocycles. The Morgan fingerprint density at radius 2 is 1.67 bits per heavy atom. The van der Waals surface area contributed by atoms with Crippen molar-refractivity contribution in [2.24, 2.45) is 0 Å². The van der Waals surface area contributed by atoms with Crippen molar-refractivity contribution in [2.45, 2.75) is 28.8 Å². The minimum Gasteiger partial charge on any atom is -0.280 e. The van der Waals surface area contributed by atoms with Crippen molar-refractivity contribution in [1.29, 1.82) is 0 Å². The Kier molecular flexibility index (Phi) is 6.69. The summed E-state index contributed by atoms with van der Waals surface area (Å²) in [6.45, 7) is 1.99. The van der Waals surface area contributed by atoms with Gasteiger partial charge in [-0.3, -0.25) is 9.36 Å². The molecule has 0 fully saturated rings. The second-order valence-corrected chi connectivity index (χ2v) is 11.0. The van der Waals surface area contributed by atoms with E-state index >= 15 is 0 Å². The topological polar surface area (TPSA) is 72.3 Å². The Balaban J connectivity index is 1.75. The van der Waals surface area contributed by atoms with Crippen LogP contribution in [0.4, 0.5) is 0 Å². The summed E-state index contributed by atoms with van der Waals surface area (Å²) in [5, 5.41) is 1.17. The fraction of sp³-hybridized carbons (Fsp3) is 0.200. The van der Waals surface area contributed by atoms with Gasteiger partial charge in [0.15, 0.2) is 5.16 Å².